The Morgan fingerprint density at radius 3 is 1.14 bits per heavy atom. The van der Waals surface area contributed by atoms with E-state index < -0.39 is 0 Å². The Hall–Kier alpha value is 0.220. The Bertz CT molecular complexity index is 410. The molecule has 0 bridgehead atoms. The van der Waals surface area contributed by atoms with Gasteiger partial charge in [0.05, 0.1) is 0 Å². The number of carbonyl (C=O) groups is 1. The van der Waals surface area contributed by atoms with E-state index >= 15 is 0 Å². The second kappa shape index (κ2) is 33.2. The van der Waals surface area contributed by atoms with Crippen molar-refractivity contribution in [2.24, 2.45) is 17.2 Å². The predicted octanol–water partition coefficient (Wildman–Crippen LogP) is 7.59. The third-order valence-electron chi connectivity index (χ3n) is 6.99. The minimum atomic E-state index is -0.176. The number of carbonyl (C=O) groups excluding carboxylic acids is 1. The van der Waals surface area contributed by atoms with Gasteiger partial charge in [0.1, 0.15) is 0 Å². The first-order chi connectivity index (χ1) is 16.1. The van der Waals surface area contributed by atoms with Crippen LogP contribution in [-0.2, 0) is 4.79 Å². The maximum Gasteiger partial charge on any atom is 0.220 e. The zero-order valence-electron chi connectivity index (χ0n) is 23.5. The highest BCUT2D eigenvalue weighted by molar-refractivity contribution is 5.86. The third kappa shape index (κ3) is 27.3. The highest BCUT2D eigenvalue weighted by Crippen LogP contribution is 2.25. The number of hydrogen-bond donors (Lipinski definition) is 4. The third-order valence-corrected chi connectivity index (χ3v) is 6.99. The second-order valence-corrected chi connectivity index (χ2v) is 10.2. The molecular formula is C28H63Cl3N4O. The van der Waals surface area contributed by atoms with E-state index in [-0.39, 0.29) is 48.7 Å². The van der Waals surface area contributed by atoms with Gasteiger partial charge in [-0.25, -0.2) is 0 Å². The lowest BCUT2D eigenvalue weighted by atomic mass is 9.83. The fourth-order valence-corrected chi connectivity index (χ4v) is 4.90. The first-order valence-corrected chi connectivity index (χ1v) is 14.6. The molecule has 0 spiro atoms. The molecule has 0 unspecified atom stereocenters. The molecular weight excluding hydrogens is 515 g/mol. The molecule has 0 fully saturated rings. The Morgan fingerprint density at radius 2 is 0.833 bits per heavy atom. The van der Waals surface area contributed by atoms with E-state index in [0.717, 1.165) is 51.4 Å². The van der Waals surface area contributed by atoms with E-state index in [4.69, 9.17) is 17.2 Å². The van der Waals surface area contributed by atoms with Gasteiger partial charge in [-0.05, 0) is 64.6 Å². The second-order valence-electron chi connectivity index (χ2n) is 10.2. The van der Waals surface area contributed by atoms with Gasteiger partial charge in [0.15, 0.2) is 0 Å². The maximum atomic E-state index is 12.7. The SMILES string of the molecule is CCCCCCCCCCCCCCCCCC(=O)NC(CCCN)(CCCN)CCCN.Cl.Cl.Cl. The molecule has 1 amide bonds. The van der Waals surface area contributed by atoms with Crippen molar-refractivity contribution in [3.8, 4) is 0 Å². The van der Waals surface area contributed by atoms with Gasteiger partial charge < -0.3 is 22.5 Å². The van der Waals surface area contributed by atoms with Gasteiger partial charge in [0.25, 0.3) is 0 Å². The van der Waals surface area contributed by atoms with Crippen LogP contribution in [-0.4, -0.2) is 31.1 Å². The molecule has 222 valence electrons. The van der Waals surface area contributed by atoms with Crippen LogP contribution in [0.5, 0.6) is 0 Å². The molecule has 0 aromatic rings. The highest BCUT2D eigenvalue weighted by Gasteiger charge is 2.29. The summed E-state index contributed by atoms with van der Waals surface area (Å²) in [5.41, 5.74) is 17.1. The summed E-state index contributed by atoms with van der Waals surface area (Å²) >= 11 is 0. The van der Waals surface area contributed by atoms with Gasteiger partial charge in [-0.15, -0.1) is 37.2 Å². The van der Waals surface area contributed by atoms with Crippen LogP contribution >= 0.6 is 37.2 Å². The molecule has 0 aliphatic rings. The Labute approximate surface area is 243 Å². The van der Waals surface area contributed by atoms with Crippen LogP contribution in [0.3, 0.4) is 0 Å². The summed E-state index contributed by atoms with van der Waals surface area (Å²) in [5, 5.41) is 3.38. The highest BCUT2D eigenvalue weighted by atomic mass is 35.5. The molecule has 0 saturated heterocycles. The molecule has 0 aromatic heterocycles. The molecule has 8 heteroatoms. The van der Waals surface area contributed by atoms with Crippen LogP contribution in [0.4, 0.5) is 0 Å². The molecule has 0 rings (SSSR count). The van der Waals surface area contributed by atoms with E-state index in [9.17, 15) is 4.79 Å². The Morgan fingerprint density at radius 1 is 0.528 bits per heavy atom. The minimum Gasteiger partial charge on any atom is -0.351 e. The molecule has 0 atom stereocenters. The summed E-state index contributed by atoms with van der Waals surface area (Å²) in [6.45, 7) is 4.24. The number of unbranched alkanes of at least 4 members (excludes halogenated alkanes) is 14. The average molecular weight is 578 g/mol. The van der Waals surface area contributed by atoms with Crippen LogP contribution in [0.15, 0.2) is 0 Å². The van der Waals surface area contributed by atoms with Crippen molar-refractivity contribution in [1.82, 2.24) is 5.32 Å². The van der Waals surface area contributed by atoms with Crippen LogP contribution in [0.1, 0.15) is 148 Å². The van der Waals surface area contributed by atoms with Crippen LogP contribution in [0, 0.1) is 0 Å². The number of hydrogen-bond acceptors (Lipinski definition) is 4. The Balaban J connectivity index is -0.00000171. The fourth-order valence-electron chi connectivity index (χ4n) is 4.90. The molecule has 0 heterocycles. The monoisotopic (exact) mass is 576 g/mol. The maximum absolute atomic E-state index is 12.7. The van der Waals surface area contributed by atoms with Gasteiger partial charge in [0.2, 0.25) is 5.91 Å². The first-order valence-electron chi connectivity index (χ1n) is 14.6. The van der Waals surface area contributed by atoms with E-state index in [1.54, 1.807) is 0 Å². The molecule has 0 saturated carbocycles. The zero-order chi connectivity index (χ0) is 24.5. The molecule has 0 radical (unpaired) electrons. The van der Waals surface area contributed by atoms with E-state index in [0.29, 0.717) is 26.1 Å². The van der Waals surface area contributed by atoms with Gasteiger partial charge in [0, 0.05) is 12.0 Å². The first kappa shape index (κ1) is 43.3. The topological polar surface area (TPSA) is 107 Å². The molecule has 36 heavy (non-hydrogen) atoms. The minimum absolute atomic E-state index is 0. The van der Waals surface area contributed by atoms with Gasteiger partial charge in [-0.1, -0.05) is 96.8 Å². The summed E-state index contributed by atoms with van der Waals surface area (Å²) < 4.78 is 0. The normalized spacial score (nSPS) is 10.8. The Kier molecular flexibility index (Phi) is 40.0. The summed E-state index contributed by atoms with van der Waals surface area (Å²) in [6, 6.07) is 0. The summed E-state index contributed by atoms with van der Waals surface area (Å²) in [7, 11) is 0. The summed E-state index contributed by atoms with van der Waals surface area (Å²) in [4.78, 5) is 12.7. The lowest BCUT2D eigenvalue weighted by Crippen LogP contribution is -2.49. The molecule has 0 aromatic carbocycles. The van der Waals surface area contributed by atoms with Crippen molar-refractivity contribution in [3.05, 3.63) is 0 Å². The smallest absolute Gasteiger partial charge is 0.220 e. The fraction of sp³-hybridized carbons (Fsp3) is 0.964. The number of halogens is 3. The van der Waals surface area contributed by atoms with Crippen molar-refractivity contribution >= 4 is 43.1 Å². The summed E-state index contributed by atoms with van der Waals surface area (Å²) in [5.74, 6) is 0.191. The van der Waals surface area contributed by atoms with Crippen molar-refractivity contribution in [3.63, 3.8) is 0 Å². The average Bonchev–Trinajstić information content (AvgIpc) is 2.82. The van der Waals surface area contributed by atoms with Gasteiger partial charge >= 0.3 is 0 Å². The quantitative estimate of drug-likeness (QED) is 0.0794. The lowest BCUT2D eigenvalue weighted by Gasteiger charge is -2.35. The largest absolute Gasteiger partial charge is 0.351 e. The van der Waals surface area contributed by atoms with Crippen LogP contribution in [0.2, 0.25) is 0 Å². The number of nitrogens with one attached hydrogen (secondary N) is 1. The zero-order valence-corrected chi connectivity index (χ0v) is 26.0. The lowest BCUT2D eigenvalue weighted by molar-refractivity contribution is -0.123. The number of rotatable bonds is 26. The van der Waals surface area contributed by atoms with Gasteiger partial charge in [-0.2, -0.15) is 0 Å². The van der Waals surface area contributed by atoms with Crippen LogP contribution < -0.4 is 22.5 Å². The molecule has 0 aliphatic carbocycles. The number of amides is 1. The van der Waals surface area contributed by atoms with Crippen molar-refractivity contribution in [2.75, 3.05) is 19.6 Å². The van der Waals surface area contributed by atoms with Crippen molar-refractivity contribution in [2.45, 2.75) is 154 Å². The van der Waals surface area contributed by atoms with E-state index in [2.05, 4.69) is 12.2 Å². The predicted molar refractivity (Wildman–Crippen MR) is 167 cm³/mol. The van der Waals surface area contributed by atoms with E-state index in [1.165, 1.54) is 83.5 Å². The van der Waals surface area contributed by atoms with Crippen LogP contribution in [0.25, 0.3) is 0 Å². The van der Waals surface area contributed by atoms with E-state index in [1.807, 2.05) is 0 Å². The molecule has 0 aliphatic heterocycles. The molecule has 7 N–H and O–H groups in total. The summed E-state index contributed by atoms with van der Waals surface area (Å²) in [6.07, 6.45) is 26.3. The van der Waals surface area contributed by atoms with Crippen molar-refractivity contribution < 1.29 is 4.79 Å². The standard InChI is InChI=1S/C28H60N4O.3ClH/c1-2-3-4-5-6-7-8-9-10-11-12-13-14-15-16-20-27(33)32-28(21-17-24-29,22-18-25-30)23-19-26-31;;;/h2-26,29-31H2,1H3,(H,32,33);3*1H. The molecule has 5 nitrogen and oxygen atoms in total. The van der Waals surface area contributed by atoms with Crippen molar-refractivity contribution in [1.29, 1.82) is 0 Å². The van der Waals surface area contributed by atoms with Gasteiger partial charge in [-0.3, -0.25) is 4.79 Å². The number of nitrogens with two attached hydrogens (primary N) is 3.